The molecule has 1 heterocycles. The highest BCUT2D eigenvalue weighted by Crippen LogP contribution is 2.26. The number of carbonyl (C=O) groups is 1. The Morgan fingerprint density at radius 1 is 1.17 bits per heavy atom. The van der Waals surface area contributed by atoms with Crippen molar-refractivity contribution in [2.45, 2.75) is 0 Å². The molecule has 1 aromatic heterocycles. The minimum absolute atomic E-state index is 0.0368. The molecule has 3 rings (SSSR count). The van der Waals surface area contributed by atoms with Crippen LogP contribution in [0.2, 0.25) is 0 Å². The maximum absolute atomic E-state index is 13.6. The van der Waals surface area contributed by atoms with E-state index in [0.29, 0.717) is 11.3 Å². The van der Waals surface area contributed by atoms with Gasteiger partial charge < -0.3 is 14.8 Å². The summed E-state index contributed by atoms with van der Waals surface area (Å²) in [5, 5.41) is 11.5. The summed E-state index contributed by atoms with van der Waals surface area (Å²) in [6.45, 7) is 0. The van der Waals surface area contributed by atoms with Crippen molar-refractivity contribution in [1.82, 2.24) is 4.98 Å². The molecule has 5 nitrogen and oxygen atoms in total. The van der Waals surface area contributed by atoms with Crippen LogP contribution in [0, 0.1) is 11.6 Å². The topological polar surface area (TPSA) is 75.4 Å². The average Bonchev–Trinajstić information content (AvgIpc) is 3.00. The lowest BCUT2D eigenvalue weighted by atomic mass is 10.1. The number of nitrogens with one attached hydrogen (secondary N) is 1. The number of carboxylic acid groups (broad SMARTS) is 1. The van der Waals surface area contributed by atoms with Crippen LogP contribution in [-0.2, 0) is 0 Å². The first-order valence-corrected chi connectivity index (χ1v) is 6.54. The molecule has 0 spiro atoms. The van der Waals surface area contributed by atoms with Crippen molar-refractivity contribution in [2.24, 2.45) is 0 Å². The lowest BCUT2D eigenvalue weighted by Gasteiger charge is -2.03. The first-order chi connectivity index (χ1) is 11.0. The zero-order chi connectivity index (χ0) is 16.4. The van der Waals surface area contributed by atoms with E-state index in [1.165, 1.54) is 18.3 Å². The predicted molar refractivity (Wildman–Crippen MR) is 78.5 cm³/mol. The SMILES string of the molecule is O=C(O)c1cccc(-c2cnc(Nc3cc(F)ccc3F)o2)c1. The standard InChI is InChI=1S/C16H10F2N2O3/c17-11-4-5-12(18)13(7-11)20-16-19-8-14(23-16)9-2-1-3-10(6-9)15(21)22/h1-8H,(H,19,20)(H,21,22). The Morgan fingerprint density at radius 2 is 2.00 bits per heavy atom. The molecule has 0 saturated heterocycles. The quantitative estimate of drug-likeness (QED) is 0.759. The summed E-state index contributed by atoms with van der Waals surface area (Å²) in [5.41, 5.74) is 0.493. The van der Waals surface area contributed by atoms with Crippen molar-refractivity contribution in [3.05, 3.63) is 65.9 Å². The highest BCUT2D eigenvalue weighted by Gasteiger charge is 2.11. The zero-order valence-electron chi connectivity index (χ0n) is 11.6. The third-order valence-corrected chi connectivity index (χ3v) is 3.07. The van der Waals surface area contributed by atoms with Crippen molar-refractivity contribution < 1.29 is 23.1 Å². The number of aromatic nitrogens is 1. The Kier molecular flexibility index (Phi) is 3.76. The number of aromatic carboxylic acids is 1. The van der Waals surface area contributed by atoms with Gasteiger partial charge >= 0.3 is 5.97 Å². The number of carboxylic acids is 1. The molecule has 0 bridgehead atoms. The van der Waals surface area contributed by atoms with E-state index >= 15 is 0 Å². The van der Waals surface area contributed by atoms with Crippen LogP contribution in [0.3, 0.4) is 0 Å². The molecule has 2 aromatic carbocycles. The molecule has 0 amide bonds. The van der Waals surface area contributed by atoms with E-state index in [1.807, 2.05) is 0 Å². The van der Waals surface area contributed by atoms with Gasteiger partial charge in [0.15, 0.2) is 5.76 Å². The van der Waals surface area contributed by atoms with Gasteiger partial charge in [0.1, 0.15) is 11.6 Å². The number of oxazole rings is 1. The number of nitrogens with zero attached hydrogens (tertiary/aromatic N) is 1. The Hall–Kier alpha value is -3.22. The van der Waals surface area contributed by atoms with Crippen LogP contribution >= 0.6 is 0 Å². The van der Waals surface area contributed by atoms with E-state index in [-0.39, 0.29) is 17.3 Å². The molecule has 3 aromatic rings. The van der Waals surface area contributed by atoms with Crippen molar-refractivity contribution >= 4 is 17.7 Å². The molecular formula is C16H10F2N2O3. The molecule has 0 unspecified atom stereocenters. The van der Waals surface area contributed by atoms with Gasteiger partial charge in [0.05, 0.1) is 17.4 Å². The summed E-state index contributed by atoms with van der Waals surface area (Å²) < 4.78 is 32.1. The van der Waals surface area contributed by atoms with Gasteiger partial charge in [-0.25, -0.2) is 18.6 Å². The summed E-state index contributed by atoms with van der Waals surface area (Å²) in [7, 11) is 0. The van der Waals surface area contributed by atoms with Crippen LogP contribution in [0.1, 0.15) is 10.4 Å². The zero-order valence-corrected chi connectivity index (χ0v) is 11.6. The lowest BCUT2D eigenvalue weighted by molar-refractivity contribution is 0.0697. The van der Waals surface area contributed by atoms with Crippen LogP contribution in [0.4, 0.5) is 20.5 Å². The van der Waals surface area contributed by atoms with Gasteiger partial charge in [-0.2, -0.15) is 0 Å². The number of benzene rings is 2. The van der Waals surface area contributed by atoms with Gasteiger partial charge in [-0.15, -0.1) is 0 Å². The van der Waals surface area contributed by atoms with Crippen LogP contribution in [0.5, 0.6) is 0 Å². The van der Waals surface area contributed by atoms with E-state index in [1.54, 1.807) is 12.1 Å². The van der Waals surface area contributed by atoms with Crippen LogP contribution in [-0.4, -0.2) is 16.1 Å². The molecule has 23 heavy (non-hydrogen) atoms. The molecule has 0 atom stereocenters. The summed E-state index contributed by atoms with van der Waals surface area (Å²) in [6, 6.07) is 9.02. The van der Waals surface area contributed by atoms with Gasteiger partial charge in [-0.3, -0.25) is 0 Å². The van der Waals surface area contributed by atoms with Gasteiger partial charge in [-0.1, -0.05) is 12.1 Å². The second-order valence-electron chi connectivity index (χ2n) is 4.66. The number of hydrogen-bond donors (Lipinski definition) is 2. The molecule has 116 valence electrons. The average molecular weight is 316 g/mol. The fourth-order valence-corrected chi connectivity index (χ4v) is 1.98. The molecule has 0 aliphatic heterocycles. The first kappa shape index (κ1) is 14.7. The Balaban J connectivity index is 1.87. The van der Waals surface area contributed by atoms with E-state index in [4.69, 9.17) is 9.52 Å². The molecule has 2 N–H and O–H groups in total. The van der Waals surface area contributed by atoms with E-state index in [2.05, 4.69) is 10.3 Å². The fourth-order valence-electron chi connectivity index (χ4n) is 1.98. The predicted octanol–water partition coefficient (Wildman–Crippen LogP) is 4.06. The fraction of sp³-hybridized carbons (Fsp3) is 0. The van der Waals surface area contributed by atoms with Gasteiger partial charge in [0.25, 0.3) is 6.01 Å². The van der Waals surface area contributed by atoms with Crippen molar-refractivity contribution in [3.8, 4) is 11.3 Å². The summed E-state index contributed by atoms with van der Waals surface area (Å²) >= 11 is 0. The molecule has 0 aliphatic carbocycles. The monoisotopic (exact) mass is 316 g/mol. The van der Waals surface area contributed by atoms with Gasteiger partial charge in [-0.05, 0) is 24.3 Å². The van der Waals surface area contributed by atoms with E-state index in [0.717, 1.165) is 18.2 Å². The Morgan fingerprint density at radius 3 is 2.78 bits per heavy atom. The third kappa shape index (κ3) is 3.18. The van der Waals surface area contributed by atoms with Crippen molar-refractivity contribution in [2.75, 3.05) is 5.32 Å². The maximum atomic E-state index is 13.6. The van der Waals surface area contributed by atoms with E-state index < -0.39 is 17.6 Å². The maximum Gasteiger partial charge on any atom is 0.335 e. The minimum Gasteiger partial charge on any atom is -0.478 e. The highest BCUT2D eigenvalue weighted by molar-refractivity contribution is 5.89. The Bertz CT molecular complexity index is 877. The number of rotatable bonds is 4. The van der Waals surface area contributed by atoms with Gasteiger partial charge in [0.2, 0.25) is 0 Å². The number of hydrogen-bond acceptors (Lipinski definition) is 4. The minimum atomic E-state index is -1.06. The summed E-state index contributed by atoms with van der Waals surface area (Å²) in [5.74, 6) is -2.02. The molecule has 0 saturated carbocycles. The van der Waals surface area contributed by atoms with Gasteiger partial charge in [0, 0.05) is 11.6 Å². The molecular weight excluding hydrogens is 306 g/mol. The summed E-state index contributed by atoms with van der Waals surface area (Å²) in [6.07, 6.45) is 1.36. The van der Waals surface area contributed by atoms with Crippen molar-refractivity contribution in [1.29, 1.82) is 0 Å². The summed E-state index contributed by atoms with van der Waals surface area (Å²) in [4.78, 5) is 14.9. The third-order valence-electron chi connectivity index (χ3n) is 3.07. The normalized spacial score (nSPS) is 10.5. The molecule has 0 radical (unpaired) electrons. The highest BCUT2D eigenvalue weighted by atomic mass is 19.1. The van der Waals surface area contributed by atoms with E-state index in [9.17, 15) is 13.6 Å². The lowest BCUT2D eigenvalue weighted by Crippen LogP contribution is -1.95. The molecule has 0 fully saturated rings. The number of anilines is 2. The second kappa shape index (κ2) is 5.88. The first-order valence-electron chi connectivity index (χ1n) is 6.54. The van der Waals surface area contributed by atoms with Crippen LogP contribution in [0.15, 0.2) is 53.1 Å². The largest absolute Gasteiger partial charge is 0.478 e. The number of halogens is 2. The van der Waals surface area contributed by atoms with Crippen LogP contribution < -0.4 is 5.32 Å². The molecule has 7 heteroatoms. The second-order valence-corrected chi connectivity index (χ2v) is 4.66. The smallest absolute Gasteiger partial charge is 0.335 e. The molecule has 0 aliphatic rings. The van der Waals surface area contributed by atoms with Crippen LogP contribution in [0.25, 0.3) is 11.3 Å². The van der Waals surface area contributed by atoms with Crippen molar-refractivity contribution in [3.63, 3.8) is 0 Å². The Labute approximate surface area is 129 Å².